The summed E-state index contributed by atoms with van der Waals surface area (Å²) in [6.07, 6.45) is 0. The highest BCUT2D eigenvalue weighted by Crippen LogP contribution is 2.11. The van der Waals surface area contributed by atoms with Crippen molar-refractivity contribution < 1.29 is 22.7 Å². The number of carbonyl (C=O) groups is 1. The van der Waals surface area contributed by atoms with Crippen molar-refractivity contribution in [2.75, 3.05) is 13.2 Å². The Hall–Kier alpha value is -2.50. The van der Waals surface area contributed by atoms with Gasteiger partial charge in [0.1, 0.15) is 18.2 Å². The molecular weight excluding hydrogens is 283 g/mol. The van der Waals surface area contributed by atoms with Gasteiger partial charge in [0.05, 0.1) is 6.54 Å². The fraction of sp³-hybridized carbons (Fsp3) is 0.133. The second kappa shape index (κ2) is 6.78. The van der Waals surface area contributed by atoms with E-state index in [0.29, 0.717) is 5.75 Å². The summed E-state index contributed by atoms with van der Waals surface area (Å²) in [5.74, 6) is -2.72. The van der Waals surface area contributed by atoms with E-state index in [-0.39, 0.29) is 18.7 Å². The van der Waals surface area contributed by atoms with Crippen LogP contribution in [0.25, 0.3) is 0 Å². The van der Waals surface area contributed by atoms with E-state index in [1.807, 2.05) is 0 Å². The number of carbonyl (C=O) groups excluding carboxylic acids is 1. The molecule has 0 aliphatic heterocycles. The third-order valence-electron chi connectivity index (χ3n) is 2.63. The lowest BCUT2D eigenvalue weighted by atomic mass is 10.2. The quantitative estimate of drug-likeness (QED) is 0.861. The summed E-state index contributed by atoms with van der Waals surface area (Å²) in [6.45, 7) is 0.271. The van der Waals surface area contributed by atoms with Crippen LogP contribution in [0.4, 0.5) is 13.2 Å². The van der Waals surface area contributed by atoms with E-state index in [2.05, 4.69) is 5.32 Å². The minimum absolute atomic E-state index is 0.0136. The Morgan fingerprint density at radius 2 is 1.86 bits per heavy atom. The molecule has 0 radical (unpaired) electrons. The maximum Gasteiger partial charge on any atom is 0.251 e. The zero-order valence-corrected chi connectivity index (χ0v) is 10.9. The van der Waals surface area contributed by atoms with Gasteiger partial charge in [0.25, 0.3) is 5.91 Å². The Labute approximate surface area is 119 Å². The first-order valence-corrected chi connectivity index (χ1v) is 6.18. The molecule has 0 spiro atoms. The monoisotopic (exact) mass is 295 g/mol. The molecule has 110 valence electrons. The van der Waals surface area contributed by atoms with Crippen molar-refractivity contribution in [1.82, 2.24) is 5.32 Å². The molecule has 21 heavy (non-hydrogen) atoms. The zero-order valence-electron chi connectivity index (χ0n) is 10.9. The molecular formula is C15H12F3NO2. The highest BCUT2D eigenvalue weighted by molar-refractivity contribution is 5.94. The summed E-state index contributed by atoms with van der Waals surface area (Å²) in [4.78, 5) is 11.7. The lowest BCUT2D eigenvalue weighted by molar-refractivity contribution is 0.0946. The van der Waals surface area contributed by atoms with Gasteiger partial charge in [-0.25, -0.2) is 13.2 Å². The SMILES string of the molecule is O=C(NCCOc1cccc(F)c1)c1ccc(F)c(F)c1. The smallest absolute Gasteiger partial charge is 0.251 e. The van der Waals surface area contributed by atoms with Gasteiger partial charge in [-0.3, -0.25) is 4.79 Å². The predicted molar refractivity (Wildman–Crippen MR) is 70.6 cm³/mol. The number of benzene rings is 2. The van der Waals surface area contributed by atoms with Crippen LogP contribution in [0.1, 0.15) is 10.4 Å². The minimum Gasteiger partial charge on any atom is -0.492 e. The van der Waals surface area contributed by atoms with Crippen LogP contribution in [-0.2, 0) is 0 Å². The number of halogens is 3. The molecule has 2 rings (SSSR count). The molecule has 0 fully saturated rings. The Kier molecular flexibility index (Phi) is 4.81. The van der Waals surface area contributed by atoms with Gasteiger partial charge in [0.15, 0.2) is 11.6 Å². The molecule has 0 aliphatic carbocycles. The van der Waals surface area contributed by atoms with Crippen LogP contribution >= 0.6 is 0 Å². The van der Waals surface area contributed by atoms with Crippen molar-refractivity contribution in [3.05, 3.63) is 65.5 Å². The van der Waals surface area contributed by atoms with E-state index in [9.17, 15) is 18.0 Å². The second-order valence-electron chi connectivity index (χ2n) is 4.19. The molecule has 3 nitrogen and oxygen atoms in total. The molecule has 0 aromatic heterocycles. The van der Waals surface area contributed by atoms with Crippen LogP contribution < -0.4 is 10.1 Å². The molecule has 6 heteroatoms. The molecule has 0 bridgehead atoms. The summed E-state index contributed by atoms with van der Waals surface area (Å²) >= 11 is 0. The van der Waals surface area contributed by atoms with Crippen LogP contribution in [0.2, 0.25) is 0 Å². The van der Waals surface area contributed by atoms with E-state index < -0.39 is 23.4 Å². The van der Waals surface area contributed by atoms with E-state index in [4.69, 9.17) is 4.74 Å². The van der Waals surface area contributed by atoms with Gasteiger partial charge in [-0.2, -0.15) is 0 Å². The normalized spacial score (nSPS) is 10.2. The highest BCUT2D eigenvalue weighted by Gasteiger charge is 2.09. The molecule has 2 aromatic carbocycles. The summed E-state index contributed by atoms with van der Waals surface area (Å²) in [7, 11) is 0. The zero-order chi connectivity index (χ0) is 15.2. The number of amides is 1. The molecule has 0 heterocycles. The standard InChI is InChI=1S/C15H12F3NO2/c16-11-2-1-3-12(9-11)21-7-6-19-15(20)10-4-5-13(17)14(18)8-10/h1-5,8-9H,6-7H2,(H,19,20). The molecule has 1 N–H and O–H groups in total. The molecule has 0 unspecified atom stereocenters. The molecule has 1 amide bonds. The van der Waals surface area contributed by atoms with Gasteiger partial charge < -0.3 is 10.1 Å². The average molecular weight is 295 g/mol. The third-order valence-corrected chi connectivity index (χ3v) is 2.63. The molecule has 0 aliphatic rings. The van der Waals surface area contributed by atoms with Crippen molar-refractivity contribution in [3.63, 3.8) is 0 Å². The first kappa shape index (κ1) is 14.9. The Balaban J connectivity index is 1.80. The average Bonchev–Trinajstić information content (AvgIpc) is 2.46. The first-order chi connectivity index (χ1) is 10.1. The van der Waals surface area contributed by atoms with Gasteiger partial charge in [-0.05, 0) is 30.3 Å². The summed E-state index contributed by atoms with van der Waals surface area (Å²) in [5, 5.41) is 2.48. The molecule has 0 saturated carbocycles. The number of hydrogen-bond donors (Lipinski definition) is 1. The third kappa shape index (κ3) is 4.24. The van der Waals surface area contributed by atoms with Gasteiger partial charge >= 0.3 is 0 Å². The molecule has 0 saturated heterocycles. The van der Waals surface area contributed by atoms with Crippen molar-refractivity contribution in [2.24, 2.45) is 0 Å². The lowest BCUT2D eigenvalue weighted by Crippen LogP contribution is -2.28. The lowest BCUT2D eigenvalue weighted by Gasteiger charge is -2.08. The van der Waals surface area contributed by atoms with Gasteiger partial charge in [0.2, 0.25) is 0 Å². The van der Waals surface area contributed by atoms with Crippen LogP contribution in [0, 0.1) is 17.5 Å². The Bertz CT molecular complexity index is 647. The predicted octanol–water partition coefficient (Wildman–Crippen LogP) is 2.91. The first-order valence-electron chi connectivity index (χ1n) is 6.18. The number of hydrogen-bond acceptors (Lipinski definition) is 2. The van der Waals surface area contributed by atoms with Crippen molar-refractivity contribution >= 4 is 5.91 Å². The molecule has 0 atom stereocenters. The molecule has 2 aromatic rings. The van der Waals surface area contributed by atoms with E-state index in [0.717, 1.165) is 12.1 Å². The van der Waals surface area contributed by atoms with Gasteiger partial charge in [-0.1, -0.05) is 6.07 Å². The Morgan fingerprint density at radius 3 is 2.57 bits per heavy atom. The maximum absolute atomic E-state index is 13.0. The van der Waals surface area contributed by atoms with Crippen molar-refractivity contribution in [1.29, 1.82) is 0 Å². The number of ether oxygens (including phenoxy) is 1. The van der Waals surface area contributed by atoms with Crippen LogP contribution in [-0.4, -0.2) is 19.1 Å². The van der Waals surface area contributed by atoms with Crippen molar-refractivity contribution in [3.8, 4) is 5.75 Å². The highest BCUT2D eigenvalue weighted by atomic mass is 19.2. The minimum atomic E-state index is -1.08. The van der Waals surface area contributed by atoms with Crippen molar-refractivity contribution in [2.45, 2.75) is 0 Å². The maximum atomic E-state index is 13.0. The summed E-state index contributed by atoms with van der Waals surface area (Å²) in [5.41, 5.74) is 0.0136. The van der Waals surface area contributed by atoms with Crippen LogP contribution in [0.5, 0.6) is 5.75 Å². The van der Waals surface area contributed by atoms with Gasteiger partial charge in [0, 0.05) is 11.6 Å². The second-order valence-corrected chi connectivity index (χ2v) is 4.19. The van der Waals surface area contributed by atoms with Crippen LogP contribution in [0.15, 0.2) is 42.5 Å². The number of nitrogens with one attached hydrogen (secondary N) is 1. The summed E-state index contributed by atoms with van der Waals surface area (Å²) < 4.78 is 43.8. The Morgan fingerprint density at radius 1 is 1.05 bits per heavy atom. The number of rotatable bonds is 5. The fourth-order valence-electron chi connectivity index (χ4n) is 1.63. The van der Waals surface area contributed by atoms with E-state index in [1.54, 1.807) is 6.07 Å². The largest absolute Gasteiger partial charge is 0.492 e. The van der Waals surface area contributed by atoms with E-state index >= 15 is 0 Å². The summed E-state index contributed by atoms with van der Waals surface area (Å²) in [6, 6.07) is 8.48. The van der Waals surface area contributed by atoms with E-state index in [1.165, 1.54) is 24.3 Å². The topological polar surface area (TPSA) is 38.3 Å². The van der Waals surface area contributed by atoms with Gasteiger partial charge in [-0.15, -0.1) is 0 Å². The fourth-order valence-corrected chi connectivity index (χ4v) is 1.63. The van der Waals surface area contributed by atoms with Crippen LogP contribution in [0.3, 0.4) is 0 Å².